The van der Waals surface area contributed by atoms with Gasteiger partial charge in [-0.1, -0.05) is 38.5 Å². The van der Waals surface area contributed by atoms with Gasteiger partial charge in [-0.25, -0.2) is 0 Å². The van der Waals surface area contributed by atoms with Crippen LogP contribution < -0.4 is 0 Å². The Morgan fingerprint density at radius 2 is 1.69 bits per heavy atom. The topological polar surface area (TPSA) is 23.5 Å². The van der Waals surface area contributed by atoms with Crippen molar-refractivity contribution in [1.82, 2.24) is 4.90 Å². The Morgan fingerprint density at radius 3 is 2.44 bits per heavy atom. The van der Waals surface area contributed by atoms with Gasteiger partial charge in [0.2, 0.25) is 0 Å². The van der Waals surface area contributed by atoms with E-state index in [0.29, 0.717) is 12.6 Å². The summed E-state index contributed by atoms with van der Waals surface area (Å²) in [7, 11) is 0. The van der Waals surface area contributed by atoms with Gasteiger partial charge in [-0.2, -0.15) is 0 Å². The van der Waals surface area contributed by atoms with Gasteiger partial charge in [-0.15, -0.1) is 0 Å². The maximum atomic E-state index is 9.36. The molecular formula is C14H27NO. The van der Waals surface area contributed by atoms with Crippen LogP contribution in [0.3, 0.4) is 0 Å². The van der Waals surface area contributed by atoms with Crippen LogP contribution in [0.15, 0.2) is 0 Å². The Morgan fingerprint density at radius 1 is 0.938 bits per heavy atom. The standard InChI is InChI=1S/C14H27NO/c16-12-14-8-4-5-10-15(14)11-9-13-6-2-1-3-7-13/h13-14,16H,1-12H2/t14-/m0/s1. The summed E-state index contributed by atoms with van der Waals surface area (Å²) in [5.74, 6) is 0.981. The van der Waals surface area contributed by atoms with Crippen LogP contribution in [-0.4, -0.2) is 35.7 Å². The molecule has 0 amide bonds. The molecule has 0 aromatic heterocycles. The first-order valence-electron chi connectivity index (χ1n) is 7.25. The highest BCUT2D eigenvalue weighted by molar-refractivity contribution is 4.77. The fourth-order valence-corrected chi connectivity index (χ4v) is 3.39. The lowest BCUT2D eigenvalue weighted by atomic mass is 9.86. The van der Waals surface area contributed by atoms with Gasteiger partial charge in [0.25, 0.3) is 0 Å². The van der Waals surface area contributed by atoms with E-state index in [-0.39, 0.29) is 0 Å². The lowest BCUT2D eigenvalue weighted by Gasteiger charge is -2.35. The summed E-state index contributed by atoms with van der Waals surface area (Å²) in [5, 5.41) is 9.36. The van der Waals surface area contributed by atoms with Gasteiger partial charge < -0.3 is 5.11 Å². The lowest BCUT2D eigenvalue weighted by Crippen LogP contribution is -2.42. The molecule has 2 fully saturated rings. The molecule has 1 N–H and O–H groups in total. The lowest BCUT2D eigenvalue weighted by molar-refractivity contribution is 0.0827. The first-order chi connectivity index (χ1) is 7.90. The molecule has 2 heteroatoms. The number of likely N-dealkylation sites (tertiary alicyclic amines) is 1. The number of piperidine rings is 1. The summed E-state index contributed by atoms with van der Waals surface area (Å²) in [6, 6.07) is 0.470. The molecule has 1 heterocycles. The number of aliphatic hydroxyl groups excluding tert-OH is 1. The summed E-state index contributed by atoms with van der Waals surface area (Å²) < 4.78 is 0. The normalized spacial score (nSPS) is 29.4. The molecule has 0 unspecified atom stereocenters. The molecule has 16 heavy (non-hydrogen) atoms. The average molecular weight is 225 g/mol. The van der Waals surface area contributed by atoms with Crippen molar-refractivity contribution in [2.45, 2.75) is 63.8 Å². The molecule has 94 valence electrons. The van der Waals surface area contributed by atoms with Crippen molar-refractivity contribution in [2.75, 3.05) is 19.7 Å². The second-order valence-corrected chi connectivity index (χ2v) is 5.66. The maximum absolute atomic E-state index is 9.36. The van der Waals surface area contributed by atoms with Crippen LogP contribution in [0.25, 0.3) is 0 Å². The third kappa shape index (κ3) is 3.46. The summed E-state index contributed by atoms with van der Waals surface area (Å²) in [5.41, 5.74) is 0. The van der Waals surface area contributed by atoms with Crippen molar-refractivity contribution in [3.63, 3.8) is 0 Å². The van der Waals surface area contributed by atoms with Crippen molar-refractivity contribution in [2.24, 2.45) is 5.92 Å². The molecule has 1 saturated carbocycles. The SMILES string of the molecule is OC[C@@H]1CCCCN1CCC1CCCCC1. The zero-order valence-corrected chi connectivity index (χ0v) is 10.5. The molecule has 0 radical (unpaired) electrons. The Labute approximate surface area is 100 Å². The first-order valence-corrected chi connectivity index (χ1v) is 7.25. The van der Waals surface area contributed by atoms with Gasteiger partial charge in [-0.3, -0.25) is 4.90 Å². The highest BCUT2D eigenvalue weighted by atomic mass is 16.3. The van der Waals surface area contributed by atoms with E-state index in [4.69, 9.17) is 0 Å². The minimum Gasteiger partial charge on any atom is -0.395 e. The van der Waals surface area contributed by atoms with Crippen LogP contribution in [0, 0.1) is 5.92 Å². The van der Waals surface area contributed by atoms with Crippen LogP contribution in [0.1, 0.15) is 57.8 Å². The van der Waals surface area contributed by atoms with Crippen molar-refractivity contribution >= 4 is 0 Å². The van der Waals surface area contributed by atoms with Crippen molar-refractivity contribution in [1.29, 1.82) is 0 Å². The Bertz CT molecular complexity index is 189. The number of nitrogens with zero attached hydrogens (tertiary/aromatic N) is 1. The van der Waals surface area contributed by atoms with Crippen LogP contribution in [-0.2, 0) is 0 Å². The van der Waals surface area contributed by atoms with Gasteiger partial charge in [0.05, 0.1) is 6.61 Å². The van der Waals surface area contributed by atoms with Gasteiger partial charge in [-0.05, 0) is 38.3 Å². The Hall–Kier alpha value is -0.0800. The number of rotatable bonds is 4. The highest BCUT2D eigenvalue weighted by Gasteiger charge is 2.22. The van der Waals surface area contributed by atoms with Gasteiger partial charge in [0.1, 0.15) is 0 Å². The third-order valence-electron chi connectivity index (χ3n) is 4.51. The predicted octanol–water partition coefficient (Wildman–Crippen LogP) is 2.80. The molecule has 2 aliphatic rings. The number of hydrogen-bond donors (Lipinski definition) is 1. The molecule has 1 aliphatic carbocycles. The van der Waals surface area contributed by atoms with Crippen molar-refractivity contribution in [3.8, 4) is 0 Å². The van der Waals surface area contributed by atoms with E-state index in [1.165, 1.54) is 70.9 Å². The van der Waals surface area contributed by atoms with E-state index in [0.717, 1.165) is 5.92 Å². The van der Waals surface area contributed by atoms with E-state index < -0.39 is 0 Å². The first kappa shape index (κ1) is 12.4. The minimum absolute atomic E-state index is 0.366. The molecule has 2 rings (SSSR count). The van der Waals surface area contributed by atoms with Crippen LogP contribution in [0.4, 0.5) is 0 Å². The summed E-state index contributed by atoms with van der Waals surface area (Å²) in [6.45, 7) is 2.82. The fourth-order valence-electron chi connectivity index (χ4n) is 3.39. The van der Waals surface area contributed by atoms with E-state index in [1.807, 2.05) is 0 Å². The molecule has 2 nitrogen and oxygen atoms in total. The van der Waals surface area contributed by atoms with E-state index in [1.54, 1.807) is 0 Å². The molecule has 0 spiro atoms. The third-order valence-corrected chi connectivity index (χ3v) is 4.51. The second kappa shape index (κ2) is 6.61. The van der Waals surface area contributed by atoms with Gasteiger partial charge in [0.15, 0.2) is 0 Å². The monoisotopic (exact) mass is 225 g/mol. The fraction of sp³-hybridized carbons (Fsp3) is 1.00. The summed E-state index contributed by atoms with van der Waals surface area (Å²) >= 11 is 0. The zero-order valence-electron chi connectivity index (χ0n) is 10.5. The molecular weight excluding hydrogens is 198 g/mol. The highest BCUT2D eigenvalue weighted by Crippen LogP contribution is 2.27. The summed E-state index contributed by atoms with van der Waals surface area (Å²) in [4.78, 5) is 2.54. The number of hydrogen-bond acceptors (Lipinski definition) is 2. The van der Waals surface area contributed by atoms with E-state index in [9.17, 15) is 5.11 Å². The van der Waals surface area contributed by atoms with Crippen molar-refractivity contribution < 1.29 is 5.11 Å². The van der Waals surface area contributed by atoms with Crippen LogP contribution in [0.2, 0.25) is 0 Å². The molecule has 0 aromatic carbocycles. The zero-order chi connectivity index (χ0) is 11.2. The largest absolute Gasteiger partial charge is 0.395 e. The van der Waals surface area contributed by atoms with Crippen molar-refractivity contribution in [3.05, 3.63) is 0 Å². The van der Waals surface area contributed by atoms with Crippen LogP contribution >= 0.6 is 0 Å². The minimum atomic E-state index is 0.366. The molecule has 1 aliphatic heterocycles. The van der Waals surface area contributed by atoms with E-state index >= 15 is 0 Å². The van der Waals surface area contributed by atoms with Gasteiger partial charge >= 0.3 is 0 Å². The molecule has 0 aromatic rings. The average Bonchev–Trinajstić information content (AvgIpc) is 2.38. The Balaban J connectivity index is 1.70. The Kier molecular flexibility index (Phi) is 5.11. The molecule has 1 atom stereocenters. The predicted molar refractivity (Wildman–Crippen MR) is 67.5 cm³/mol. The second-order valence-electron chi connectivity index (χ2n) is 5.66. The van der Waals surface area contributed by atoms with Gasteiger partial charge in [0, 0.05) is 6.04 Å². The smallest absolute Gasteiger partial charge is 0.0586 e. The quantitative estimate of drug-likeness (QED) is 0.795. The molecule has 1 saturated heterocycles. The molecule has 0 bridgehead atoms. The summed E-state index contributed by atoms with van der Waals surface area (Å²) in [6.07, 6.45) is 12.5. The number of aliphatic hydroxyl groups is 1. The van der Waals surface area contributed by atoms with E-state index in [2.05, 4.69) is 4.90 Å². The van der Waals surface area contributed by atoms with Crippen LogP contribution in [0.5, 0.6) is 0 Å². The maximum Gasteiger partial charge on any atom is 0.0586 e.